The molecule has 0 fully saturated rings. The maximum Gasteiger partial charge on any atom is 0.321 e. The van der Waals surface area contributed by atoms with Crippen molar-refractivity contribution in [1.29, 1.82) is 0 Å². The van der Waals surface area contributed by atoms with Gasteiger partial charge in [-0.05, 0) is 66.6 Å². The van der Waals surface area contributed by atoms with Crippen molar-refractivity contribution in [3.63, 3.8) is 0 Å². The highest BCUT2D eigenvalue weighted by Crippen LogP contribution is 2.36. The summed E-state index contributed by atoms with van der Waals surface area (Å²) < 4.78 is 40.3. The second-order valence-corrected chi connectivity index (χ2v) is 11.5. The van der Waals surface area contributed by atoms with Gasteiger partial charge < -0.3 is 24.8 Å². The zero-order valence-corrected chi connectivity index (χ0v) is 23.3. The first-order valence-electron chi connectivity index (χ1n) is 12.6. The molecule has 11 heteroatoms. The largest absolute Gasteiger partial charge is 0.497 e. The Morgan fingerprint density at radius 2 is 1.87 bits per heavy atom. The number of fused-ring (bicyclic) bond motifs is 1. The van der Waals surface area contributed by atoms with Crippen LogP contribution < -0.4 is 14.8 Å². The number of amides is 2. The highest BCUT2D eigenvalue weighted by molar-refractivity contribution is 7.89. The first kappa shape index (κ1) is 28.3. The van der Waals surface area contributed by atoms with E-state index in [1.54, 1.807) is 69.9 Å². The van der Waals surface area contributed by atoms with E-state index in [1.807, 2.05) is 19.1 Å². The second-order valence-electron chi connectivity index (χ2n) is 9.68. The maximum absolute atomic E-state index is 13.7. The summed E-state index contributed by atoms with van der Waals surface area (Å²) in [6.07, 6.45) is 2.79. The number of hydrogen-bond donors (Lipinski definition) is 2. The zero-order chi connectivity index (χ0) is 28.2. The lowest BCUT2D eigenvalue weighted by atomic mass is 10.0. The van der Waals surface area contributed by atoms with Crippen molar-refractivity contribution < 1.29 is 27.8 Å². The number of aliphatic hydroxyl groups is 1. The number of aliphatic hydroxyl groups excluding tert-OH is 1. The summed E-state index contributed by atoms with van der Waals surface area (Å²) >= 11 is 0. The van der Waals surface area contributed by atoms with E-state index in [0.717, 1.165) is 11.1 Å². The van der Waals surface area contributed by atoms with Crippen molar-refractivity contribution in [2.75, 3.05) is 39.2 Å². The van der Waals surface area contributed by atoms with Crippen LogP contribution in [0.15, 0.2) is 71.9 Å². The number of sulfonamides is 1. The first-order valence-corrected chi connectivity index (χ1v) is 14.1. The Morgan fingerprint density at radius 3 is 2.51 bits per heavy atom. The van der Waals surface area contributed by atoms with Crippen molar-refractivity contribution in [2.45, 2.75) is 30.9 Å². The number of aromatic nitrogens is 1. The smallest absolute Gasteiger partial charge is 0.321 e. The summed E-state index contributed by atoms with van der Waals surface area (Å²) in [6, 6.07) is 14.6. The van der Waals surface area contributed by atoms with Gasteiger partial charge >= 0.3 is 6.03 Å². The molecule has 2 N–H and O–H groups in total. The summed E-state index contributed by atoms with van der Waals surface area (Å²) in [6.45, 7) is 3.54. The van der Waals surface area contributed by atoms with Crippen LogP contribution in [0.2, 0.25) is 0 Å². The van der Waals surface area contributed by atoms with Crippen molar-refractivity contribution in [2.24, 2.45) is 5.92 Å². The lowest BCUT2D eigenvalue weighted by Gasteiger charge is -2.37. The molecule has 0 radical (unpaired) electrons. The minimum absolute atomic E-state index is 0.0165. The molecule has 0 aliphatic carbocycles. The van der Waals surface area contributed by atoms with E-state index in [9.17, 15) is 18.3 Å². The molecule has 0 bridgehead atoms. The molecule has 2 aromatic carbocycles. The number of rotatable bonds is 7. The van der Waals surface area contributed by atoms with Crippen LogP contribution in [-0.2, 0) is 10.0 Å². The number of carbonyl (C=O) groups excluding carboxylic acids is 1. The lowest BCUT2D eigenvalue weighted by Crippen LogP contribution is -2.50. The van der Waals surface area contributed by atoms with Gasteiger partial charge in [0.2, 0.25) is 10.0 Å². The van der Waals surface area contributed by atoms with Gasteiger partial charge in [0, 0.05) is 43.6 Å². The summed E-state index contributed by atoms with van der Waals surface area (Å²) in [5.74, 6) is 0.572. The molecule has 1 aromatic heterocycles. The summed E-state index contributed by atoms with van der Waals surface area (Å²) in [5, 5.41) is 12.7. The molecule has 10 nitrogen and oxygen atoms in total. The molecule has 0 spiro atoms. The number of pyridine rings is 1. The molecular formula is C28H34N4O6S. The zero-order valence-electron chi connectivity index (χ0n) is 22.4. The van der Waals surface area contributed by atoms with E-state index in [-0.39, 0.29) is 42.3 Å². The number of likely N-dealkylation sites (N-methyl/N-ethyl adjacent to an activating group) is 1. The lowest BCUT2D eigenvalue weighted by molar-refractivity contribution is 0.0830. The van der Waals surface area contributed by atoms with Crippen LogP contribution in [0, 0.1) is 5.92 Å². The van der Waals surface area contributed by atoms with Crippen molar-refractivity contribution in [3.05, 3.63) is 67.0 Å². The number of carbonyl (C=O) groups is 1. The second kappa shape index (κ2) is 12.0. The Morgan fingerprint density at radius 1 is 1.18 bits per heavy atom. The third kappa shape index (κ3) is 6.32. The molecule has 3 atom stereocenters. The molecule has 0 saturated heterocycles. The Bertz CT molecular complexity index is 1380. The number of methoxy groups -OCH3 is 1. The number of nitrogens with zero attached hydrogens (tertiary/aromatic N) is 3. The summed E-state index contributed by atoms with van der Waals surface area (Å²) in [5.41, 5.74) is 2.24. The third-order valence-corrected chi connectivity index (χ3v) is 8.84. The molecule has 0 saturated carbocycles. The fourth-order valence-corrected chi connectivity index (χ4v) is 6.24. The van der Waals surface area contributed by atoms with Gasteiger partial charge in [0.25, 0.3) is 0 Å². The fourth-order valence-electron chi connectivity index (χ4n) is 4.41. The molecule has 1 aliphatic heterocycles. The third-order valence-electron chi connectivity index (χ3n) is 6.82. The van der Waals surface area contributed by atoms with Crippen LogP contribution in [0.25, 0.3) is 11.1 Å². The summed E-state index contributed by atoms with van der Waals surface area (Å²) in [7, 11) is -0.735. The molecule has 0 unspecified atom stereocenters. The Hall–Kier alpha value is -3.67. The van der Waals surface area contributed by atoms with Crippen LogP contribution >= 0.6 is 0 Å². The highest BCUT2D eigenvalue weighted by atomic mass is 32.2. The fraction of sp³-hybridized carbons (Fsp3) is 0.357. The molecule has 1 aliphatic rings. The van der Waals surface area contributed by atoms with E-state index in [1.165, 1.54) is 15.3 Å². The van der Waals surface area contributed by atoms with E-state index >= 15 is 0 Å². The van der Waals surface area contributed by atoms with Gasteiger partial charge in [-0.3, -0.25) is 4.98 Å². The molecule has 2 heterocycles. The van der Waals surface area contributed by atoms with Crippen molar-refractivity contribution in [3.8, 4) is 22.6 Å². The van der Waals surface area contributed by atoms with Crippen LogP contribution in [0.3, 0.4) is 0 Å². The number of anilines is 1. The Kier molecular flexibility index (Phi) is 8.73. The molecule has 2 amide bonds. The topological polar surface area (TPSA) is 121 Å². The predicted octanol–water partition coefficient (Wildman–Crippen LogP) is 3.69. The Labute approximate surface area is 229 Å². The molecular weight excluding hydrogens is 520 g/mol. The van der Waals surface area contributed by atoms with Crippen LogP contribution in [-0.4, -0.2) is 79.7 Å². The van der Waals surface area contributed by atoms with Crippen molar-refractivity contribution in [1.82, 2.24) is 14.2 Å². The minimum Gasteiger partial charge on any atom is -0.497 e. The molecule has 3 aromatic rings. The van der Waals surface area contributed by atoms with Gasteiger partial charge in [-0.25, -0.2) is 13.2 Å². The van der Waals surface area contributed by atoms with Gasteiger partial charge in [0.05, 0.1) is 20.3 Å². The quantitative estimate of drug-likeness (QED) is 0.457. The average Bonchev–Trinajstić information content (AvgIpc) is 2.95. The van der Waals surface area contributed by atoms with Crippen molar-refractivity contribution >= 4 is 21.7 Å². The molecule has 4 rings (SSSR count). The number of nitrogens with one attached hydrogen (secondary N) is 1. The number of ether oxygens (including phenoxy) is 2. The SMILES string of the molecule is COc1ccc(NC(=O)N(C)C[C@@H]2Oc3cc(-c4ccncc4)ccc3S(=O)(=O)N([C@H](C)CO)C[C@@H]2C)cc1. The monoisotopic (exact) mass is 554 g/mol. The minimum atomic E-state index is -3.97. The van der Waals surface area contributed by atoms with Crippen LogP contribution in [0.5, 0.6) is 11.5 Å². The van der Waals surface area contributed by atoms with Crippen LogP contribution in [0.1, 0.15) is 13.8 Å². The van der Waals surface area contributed by atoms with Gasteiger partial charge in [0.15, 0.2) is 0 Å². The van der Waals surface area contributed by atoms with E-state index < -0.39 is 22.2 Å². The van der Waals surface area contributed by atoms with Gasteiger partial charge in [0.1, 0.15) is 22.5 Å². The van der Waals surface area contributed by atoms with Gasteiger partial charge in [-0.1, -0.05) is 13.0 Å². The molecule has 208 valence electrons. The summed E-state index contributed by atoms with van der Waals surface area (Å²) in [4.78, 5) is 18.6. The number of urea groups is 1. The standard InChI is InChI=1S/C28H34N4O6S/c1-19-16-32(20(2)18-33)39(35,36)27-10-5-22(21-11-13-29-14-12-21)15-25(27)38-26(19)17-31(3)28(34)30-23-6-8-24(37-4)9-7-23/h5-15,19-20,26,33H,16-18H2,1-4H3,(H,30,34)/t19-,20+,26-/m0/s1. The van der Waals surface area contributed by atoms with E-state index in [4.69, 9.17) is 9.47 Å². The maximum atomic E-state index is 13.7. The first-order chi connectivity index (χ1) is 18.6. The van der Waals surface area contributed by atoms with E-state index in [0.29, 0.717) is 11.4 Å². The van der Waals surface area contributed by atoms with E-state index in [2.05, 4.69) is 10.3 Å². The van der Waals surface area contributed by atoms with Gasteiger partial charge in [-0.2, -0.15) is 4.31 Å². The number of hydrogen-bond acceptors (Lipinski definition) is 7. The highest BCUT2D eigenvalue weighted by Gasteiger charge is 2.38. The number of benzene rings is 2. The predicted molar refractivity (Wildman–Crippen MR) is 148 cm³/mol. The van der Waals surface area contributed by atoms with Crippen LogP contribution in [0.4, 0.5) is 10.5 Å². The molecule has 39 heavy (non-hydrogen) atoms. The average molecular weight is 555 g/mol. The Balaban J connectivity index is 1.65. The normalized spacial score (nSPS) is 19.5. The van der Waals surface area contributed by atoms with Gasteiger partial charge in [-0.15, -0.1) is 0 Å².